The molecule has 0 aliphatic carbocycles. The van der Waals surface area contributed by atoms with Crippen molar-refractivity contribution in [3.63, 3.8) is 0 Å². The Morgan fingerprint density at radius 1 is 1.00 bits per heavy atom. The van der Waals surface area contributed by atoms with Crippen molar-refractivity contribution in [2.45, 2.75) is 30.9 Å². The first kappa shape index (κ1) is 14.5. The highest BCUT2D eigenvalue weighted by Gasteiger charge is 2.30. The first-order valence-corrected chi connectivity index (χ1v) is 8.20. The fraction of sp³-hybridized carbons (Fsp3) is 0.846. The van der Waals surface area contributed by atoms with E-state index >= 15 is 0 Å². The minimum absolute atomic E-state index is 0.100. The molecule has 0 spiro atoms. The number of hydrogen-bond acceptors (Lipinski definition) is 3. The monoisotopic (exact) mass is 286 g/mol. The van der Waals surface area contributed by atoms with Gasteiger partial charge in [0.2, 0.25) is 0 Å². The third-order valence-electron chi connectivity index (χ3n) is 4.16. The van der Waals surface area contributed by atoms with Crippen molar-refractivity contribution >= 4 is 23.8 Å². The number of nitrogens with zero attached hydrogens (tertiary/aromatic N) is 2. The third kappa shape index (κ3) is 3.55. The number of carbonyl (C=O) groups excluding carboxylic acids is 1. The summed E-state index contributed by atoms with van der Waals surface area (Å²) >= 11 is 1.88. The maximum Gasteiger partial charge on any atom is 0.319 e. The van der Waals surface area contributed by atoms with Crippen molar-refractivity contribution in [2.24, 2.45) is 5.92 Å². The van der Waals surface area contributed by atoms with Gasteiger partial charge in [-0.15, -0.1) is 0 Å². The fourth-order valence-corrected chi connectivity index (χ4v) is 3.48. The second kappa shape index (κ2) is 6.50. The van der Waals surface area contributed by atoms with E-state index in [-0.39, 0.29) is 11.9 Å². The molecule has 0 unspecified atom stereocenters. The van der Waals surface area contributed by atoms with E-state index in [0.29, 0.717) is 31.2 Å². The van der Waals surface area contributed by atoms with E-state index in [0.717, 1.165) is 25.9 Å². The Morgan fingerprint density at radius 3 is 1.89 bits per heavy atom. The predicted molar refractivity (Wildman–Crippen MR) is 75.4 cm³/mol. The summed E-state index contributed by atoms with van der Waals surface area (Å²) in [4.78, 5) is 27.0. The van der Waals surface area contributed by atoms with Gasteiger partial charge in [-0.1, -0.05) is 0 Å². The first-order valence-electron chi connectivity index (χ1n) is 6.91. The summed E-state index contributed by atoms with van der Waals surface area (Å²) in [7, 11) is 0. The normalized spacial score (nSPS) is 22.6. The minimum Gasteiger partial charge on any atom is -0.481 e. The van der Waals surface area contributed by atoms with E-state index in [1.165, 1.54) is 0 Å². The van der Waals surface area contributed by atoms with Crippen LogP contribution in [0, 0.1) is 5.92 Å². The van der Waals surface area contributed by atoms with Crippen LogP contribution in [-0.4, -0.2) is 64.6 Å². The van der Waals surface area contributed by atoms with E-state index < -0.39 is 5.97 Å². The largest absolute Gasteiger partial charge is 0.481 e. The molecular formula is C13H22N2O3S. The molecule has 108 valence electrons. The third-order valence-corrected chi connectivity index (χ3v) is 5.30. The molecule has 2 heterocycles. The Labute approximate surface area is 118 Å². The zero-order valence-electron chi connectivity index (χ0n) is 11.4. The molecule has 19 heavy (non-hydrogen) atoms. The quantitative estimate of drug-likeness (QED) is 0.840. The number of hydrogen-bond donors (Lipinski definition) is 1. The topological polar surface area (TPSA) is 60.9 Å². The second-order valence-electron chi connectivity index (χ2n) is 5.30. The van der Waals surface area contributed by atoms with Crippen molar-refractivity contribution in [1.82, 2.24) is 9.80 Å². The lowest BCUT2D eigenvalue weighted by atomic mass is 9.97. The molecule has 6 heteroatoms. The summed E-state index contributed by atoms with van der Waals surface area (Å²) in [5.74, 6) is -1.00. The molecule has 0 saturated carbocycles. The van der Waals surface area contributed by atoms with Crippen molar-refractivity contribution in [1.29, 1.82) is 0 Å². The van der Waals surface area contributed by atoms with Gasteiger partial charge >= 0.3 is 12.0 Å². The summed E-state index contributed by atoms with van der Waals surface area (Å²) in [6.07, 6.45) is 5.43. The van der Waals surface area contributed by atoms with E-state index in [2.05, 4.69) is 6.26 Å². The lowest BCUT2D eigenvalue weighted by Gasteiger charge is -2.37. The van der Waals surface area contributed by atoms with E-state index in [9.17, 15) is 9.59 Å². The highest BCUT2D eigenvalue weighted by atomic mass is 32.2. The molecule has 0 aromatic rings. The van der Waals surface area contributed by atoms with Gasteiger partial charge in [0, 0.05) is 31.4 Å². The van der Waals surface area contributed by atoms with Crippen LogP contribution in [0.1, 0.15) is 25.7 Å². The van der Waals surface area contributed by atoms with E-state index in [1.807, 2.05) is 21.6 Å². The number of urea groups is 1. The number of rotatable bonds is 2. The number of carboxylic acid groups (broad SMARTS) is 1. The van der Waals surface area contributed by atoms with Crippen molar-refractivity contribution in [2.75, 3.05) is 32.4 Å². The van der Waals surface area contributed by atoms with Gasteiger partial charge in [0.15, 0.2) is 0 Å². The SMILES string of the molecule is CSC1CCN(C(=O)N2CCC(C(=O)O)CC2)CC1. The molecule has 0 aromatic carbocycles. The molecule has 2 fully saturated rings. The summed E-state index contributed by atoms with van der Waals surface area (Å²) in [6.45, 7) is 2.84. The van der Waals surface area contributed by atoms with Crippen LogP contribution < -0.4 is 0 Å². The highest BCUT2D eigenvalue weighted by molar-refractivity contribution is 7.99. The van der Waals surface area contributed by atoms with Gasteiger partial charge in [-0.3, -0.25) is 4.79 Å². The average molecular weight is 286 g/mol. The number of thioether (sulfide) groups is 1. The Kier molecular flexibility index (Phi) is 4.96. The Hall–Kier alpha value is -0.910. The maximum absolute atomic E-state index is 12.3. The number of likely N-dealkylation sites (tertiary alicyclic amines) is 2. The van der Waals surface area contributed by atoms with Gasteiger partial charge in [-0.05, 0) is 31.9 Å². The molecule has 2 rings (SSSR count). The maximum atomic E-state index is 12.3. The van der Waals surface area contributed by atoms with Gasteiger partial charge in [-0.2, -0.15) is 11.8 Å². The number of carboxylic acids is 1. The van der Waals surface area contributed by atoms with Gasteiger partial charge in [0.05, 0.1) is 5.92 Å². The molecule has 0 bridgehead atoms. The summed E-state index contributed by atoms with van der Waals surface area (Å²) < 4.78 is 0. The van der Waals surface area contributed by atoms with Crippen LogP contribution in [0.5, 0.6) is 0 Å². The van der Waals surface area contributed by atoms with Crippen LogP contribution in [-0.2, 0) is 4.79 Å². The molecular weight excluding hydrogens is 264 g/mol. The molecule has 2 aliphatic heterocycles. The van der Waals surface area contributed by atoms with Crippen LogP contribution in [0.25, 0.3) is 0 Å². The van der Waals surface area contributed by atoms with Crippen molar-refractivity contribution in [3.05, 3.63) is 0 Å². The highest BCUT2D eigenvalue weighted by Crippen LogP contribution is 2.23. The Morgan fingerprint density at radius 2 is 1.47 bits per heavy atom. The van der Waals surface area contributed by atoms with Crippen LogP contribution in [0.3, 0.4) is 0 Å². The molecule has 2 aliphatic rings. The van der Waals surface area contributed by atoms with Crippen LogP contribution >= 0.6 is 11.8 Å². The Bertz CT molecular complexity index is 335. The van der Waals surface area contributed by atoms with Crippen molar-refractivity contribution < 1.29 is 14.7 Å². The summed E-state index contributed by atoms with van der Waals surface area (Å²) in [6, 6.07) is 0.100. The molecule has 5 nitrogen and oxygen atoms in total. The molecule has 2 saturated heterocycles. The van der Waals surface area contributed by atoms with Gasteiger partial charge < -0.3 is 14.9 Å². The number of amides is 2. The van der Waals surface area contributed by atoms with Gasteiger partial charge in [-0.25, -0.2) is 4.79 Å². The smallest absolute Gasteiger partial charge is 0.319 e. The van der Waals surface area contributed by atoms with Gasteiger partial charge in [0.1, 0.15) is 0 Å². The number of carbonyl (C=O) groups is 2. The van der Waals surface area contributed by atoms with E-state index in [4.69, 9.17) is 5.11 Å². The molecule has 0 aromatic heterocycles. The zero-order valence-corrected chi connectivity index (χ0v) is 12.2. The summed E-state index contributed by atoms with van der Waals surface area (Å²) in [5, 5.41) is 9.63. The Balaban J connectivity index is 1.80. The zero-order chi connectivity index (χ0) is 13.8. The lowest BCUT2D eigenvalue weighted by Crippen LogP contribution is -2.50. The second-order valence-corrected chi connectivity index (χ2v) is 6.44. The van der Waals surface area contributed by atoms with Crippen molar-refractivity contribution in [3.8, 4) is 0 Å². The minimum atomic E-state index is -0.729. The first-order chi connectivity index (χ1) is 9.11. The number of aliphatic carboxylic acids is 1. The predicted octanol–water partition coefficient (Wildman–Crippen LogP) is 1.73. The molecule has 0 radical (unpaired) electrons. The lowest BCUT2D eigenvalue weighted by molar-refractivity contribution is -0.143. The van der Waals surface area contributed by atoms with Gasteiger partial charge in [0.25, 0.3) is 0 Å². The van der Waals surface area contributed by atoms with E-state index in [1.54, 1.807) is 0 Å². The molecule has 2 amide bonds. The molecule has 1 N–H and O–H groups in total. The number of piperidine rings is 2. The molecule has 0 atom stereocenters. The van der Waals surface area contributed by atoms with Crippen LogP contribution in [0.15, 0.2) is 0 Å². The fourth-order valence-electron chi connectivity index (χ4n) is 2.80. The summed E-state index contributed by atoms with van der Waals surface area (Å²) in [5.41, 5.74) is 0. The standard InChI is InChI=1S/C13H22N2O3S/c1-19-11-4-8-15(9-5-11)13(18)14-6-2-10(3-7-14)12(16)17/h10-11H,2-9H2,1H3,(H,16,17). The van der Waals surface area contributed by atoms with Crippen LogP contribution in [0.4, 0.5) is 4.79 Å². The van der Waals surface area contributed by atoms with Crippen LogP contribution in [0.2, 0.25) is 0 Å². The average Bonchev–Trinajstić information content (AvgIpc) is 2.46.